The summed E-state index contributed by atoms with van der Waals surface area (Å²) in [6.07, 6.45) is 3.73. The molecule has 2 aromatic carbocycles. The molecular formula is C27H32N6O3S. The molecule has 194 valence electrons. The number of fused-ring (bicyclic) bond motifs is 2. The van der Waals surface area contributed by atoms with Crippen LogP contribution in [-0.4, -0.2) is 79.7 Å². The van der Waals surface area contributed by atoms with Gasteiger partial charge in [0.25, 0.3) is 0 Å². The Labute approximate surface area is 217 Å². The van der Waals surface area contributed by atoms with E-state index in [1.165, 1.54) is 29.5 Å². The first-order valence-electron chi connectivity index (χ1n) is 12.3. The third-order valence-electron chi connectivity index (χ3n) is 6.79. The van der Waals surface area contributed by atoms with Gasteiger partial charge in [-0.05, 0) is 54.3 Å². The summed E-state index contributed by atoms with van der Waals surface area (Å²) in [7, 11) is 1.17. The van der Waals surface area contributed by atoms with E-state index in [1.54, 1.807) is 36.0 Å². The molecule has 10 heteroatoms. The third-order valence-corrected chi connectivity index (χ3v) is 8.66. The minimum absolute atomic E-state index is 0.235. The molecule has 37 heavy (non-hydrogen) atoms. The normalized spacial score (nSPS) is 14.6. The van der Waals surface area contributed by atoms with Gasteiger partial charge in [-0.15, -0.1) is 5.10 Å². The third kappa shape index (κ3) is 5.24. The lowest BCUT2D eigenvalue weighted by Crippen LogP contribution is -2.29. The van der Waals surface area contributed by atoms with Crippen LogP contribution in [0.25, 0.3) is 16.8 Å². The maximum absolute atomic E-state index is 13.0. The Bertz CT molecular complexity index is 1520. The first-order chi connectivity index (χ1) is 17.9. The zero-order valence-corrected chi connectivity index (χ0v) is 22.2. The summed E-state index contributed by atoms with van der Waals surface area (Å²) in [5, 5.41) is 8.06. The number of ether oxygens (including phenoxy) is 1. The van der Waals surface area contributed by atoms with Crippen molar-refractivity contribution in [1.29, 1.82) is 0 Å². The summed E-state index contributed by atoms with van der Waals surface area (Å²) in [4.78, 5) is 7.17. The number of rotatable bonds is 8. The molecule has 0 unspecified atom stereocenters. The Balaban J connectivity index is 1.43. The summed E-state index contributed by atoms with van der Waals surface area (Å²) < 4.78 is 34.1. The zero-order chi connectivity index (χ0) is 26.0. The molecule has 5 rings (SSSR count). The van der Waals surface area contributed by atoms with Crippen molar-refractivity contribution in [2.45, 2.75) is 17.7 Å². The molecule has 4 aromatic rings. The molecule has 1 aliphatic rings. The average molecular weight is 521 g/mol. The van der Waals surface area contributed by atoms with Gasteiger partial charge in [-0.2, -0.15) is 0 Å². The van der Waals surface area contributed by atoms with E-state index in [0.717, 1.165) is 50.3 Å². The van der Waals surface area contributed by atoms with E-state index < -0.39 is 10.0 Å². The van der Waals surface area contributed by atoms with Crippen LogP contribution < -0.4 is 5.32 Å². The van der Waals surface area contributed by atoms with Gasteiger partial charge in [0.05, 0.1) is 28.9 Å². The first kappa shape index (κ1) is 25.3. The fourth-order valence-electron chi connectivity index (χ4n) is 4.69. The van der Waals surface area contributed by atoms with E-state index in [0.29, 0.717) is 17.2 Å². The molecule has 0 radical (unpaired) electrons. The van der Waals surface area contributed by atoms with Crippen LogP contribution in [0.15, 0.2) is 65.7 Å². The SMILES string of the molecule is COCCN1CCc2ccc(Nc3ncc4ccc(-c5ccccc5S(=O)(=O)N(C)C)n4n3)cc2CC1. The van der Waals surface area contributed by atoms with Crippen LogP contribution in [0.5, 0.6) is 0 Å². The lowest BCUT2D eigenvalue weighted by Gasteiger charge is -2.18. The molecule has 0 aliphatic carbocycles. The zero-order valence-electron chi connectivity index (χ0n) is 21.4. The molecule has 2 aromatic heterocycles. The standard InChI is InChI=1S/C27H32N6O3S/c1-31(2)37(34,35)26-7-5-4-6-24(26)25-11-10-23-19-28-27(30-33(23)25)29-22-9-8-20-12-14-32(16-17-36-3)15-13-21(20)18-22/h4-11,18-19H,12-17H2,1-3H3,(H,29,30). The number of hydrogen-bond acceptors (Lipinski definition) is 7. The second kappa shape index (κ2) is 10.6. The number of anilines is 2. The smallest absolute Gasteiger partial charge is 0.245 e. The molecule has 3 heterocycles. The van der Waals surface area contributed by atoms with Gasteiger partial charge in [0.15, 0.2) is 0 Å². The minimum Gasteiger partial charge on any atom is -0.383 e. The molecule has 0 saturated heterocycles. The van der Waals surface area contributed by atoms with E-state index >= 15 is 0 Å². The monoisotopic (exact) mass is 520 g/mol. The van der Waals surface area contributed by atoms with Crippen molar-refractivity contribution in [1.82, 2.24) is 23.8 Å². The van der Waals surface area contributed by atoms with Crippen molar-refractivity contribution in [3.8, 4) is 11.3 Å². The molecular weight excluding hydrogens is 488 g/mol. The number of methoxy groups -OCH3 is 1. The number of aromatic nitrogens is 3. The topological polar surface area (TPSA) is 92.1 Å². The molecule has 0 atom stereocenters. The Hall–Kier alpha value is -3.31. The van der Waals surface area contributed by atoms with Crippen molar-refractivity contribution in [2.24, 2.45) is 0 Å². The Morgan fingerprint density at radius 1 is 1.03 bits per heavy atom. The van der Waals surface area contributed by atoms with Crippen molar-refractivity contribution in [3.63, 3.8) is 0 Å². The molecule has 9 nitrogen and oxygen atoms in total. The Morgan fingerprint density at radius 2 is 1.81 bits per heavy atom. The van der Waals surface area contributed by atoms with Crippen LogP contribution in [0.4, 0.5) is 11.6 Å². The highest BCUT2D eigenvalue weighted by molar-refractivity contribution is 7.89. The highest BCUT2D eigenvalue weighted by Crippen LogP contribution is 2.30. The number of sulfonamides is 1. The van der Waals surface area contributed by atoms with Crippen LogP contribution >= 0.6 is 0 Å². The van der Waals surface area contributed by atoms with E-state index in [-0.39, 0.29) is 4.90 Å². The van der Waals surface area contributed by atoms with E-state index in [4.69, 9.17) is 9.84 Å². The van der Waals surface area contributed by atoms with Crippen LogP contribution in [0.1, 0.15) is 11.1 Å². The van der Waals surface area contributed by atoms with Crippen LogP contribution in [0, 0.1) is 0 Å². The average Bonchev–Trinajstić information content (AvgIpc) is 3.21. The maximum atomic E-state index is 13.0. The fourth-order valence-corrected chi connectivity index (χ4v) is 5.78. The van der Waals surface area contributed by atoms with Gasteiger partial charge in [-0.1, -0.05) is 24.3 Å². The highest BCUT2D eigenvalue weighted by atomic mass is 32.2. The quantitative estimate of drug-likeness (QED) is 0.381. The second-order valence-electron chi connectivity index (χ2n) is 9.36. The summed E-state index contributed by atoms with van der Waals surface area (Å²) in [6, 6.07) is 17.2. The van der Waals surface area contributed by atoms with Crippen molar-refractivity contribution < 1.29 is 13.2 Å². The minimum atomic E-state index is -3.63. The fraction of sp³-hybridized carbons (Fsp3) is 0.333. The van der Waals surface area contributed by atoms with Crippen LogP contribution in [-0.2, 0) is 27.6 Å². The van der Waals surface area contributed by atoms with E-state index in [2.05, 4.69) is 33.4 Å². The van der Waals surface area contributed by atoms with Crippen LogP contribution in [0.3, 0.4) is 0 Å². The summed E-state index contributed by atoms with van der Waals surface area (Å²) in [5.74, 6) is 0.438. The molecule has 0 fully saturated rings. The van der Waals surface area contributed by atoms with Gasteiger partial charge in [0, 0.05) is 52.1 Å². The number of nitrogens with one attached hydrogen (secondary N) is 1. The van der Waals surface area contributed by atoms with Gasteiger partial charge < -0.3 is 15.0 Å². The number of hydrogen-bond donors (Lipinski definition) is 1. The largest absolute Gasteiger partial charge is 0.383 e. The lowest BCUT2D eigenvalue weighted by molar-refractivity contribution is 0.150. The second-order valence-corrected chi connectivity index (χ2v) is 11.5. The van der Waals surface area contributed by atoms with Gasteiger partial charge in [-0.3, -0.25) is 0 Å². The van der Waals surface area contributed by atoms with Gasteiger partial charge in [0.1, 0.15) is 0 Å². The Morgan fingerprint density at radius 3 is 2.59 bits per heavy atom. The molecule has 0 amide bonds. The van der Waals surface area contributed by atoms with Gasteiger partial charge >= 0.3 is 0 Å². The maximum Gasteiger partial charge on any atom is 0.245 e. The summed E-state index contributed by atoms with van der Waals surface area (Å²) >= 11 is 0. The van der Waals surface area contributed by atoms with Crippen molar-refractivity contribution in [2.75, 3.05) is 52.8 Å². The summed E-state index contributed by atoms with van der Waals surface area (Å²) in [6.45, 7) is 3.73. The van der Waals surface area contributed by atoms with E-state index in [9.17, 15) is 8.42 Å². The van der Waals surface area contributed by atoms with Gasteiger partial charge in [-0.25, -0.2) is 22.2 Å². The first-order valence-corrected chi connectivity index (χ1v) is 13.8. The molecule has 1 N–H and O–H groups in total. The molecule has 0 bridgehead atoms. The van der Waals surface area contributed by atoms with Crippen molar-refractivity contribution >= 4 is 27.2 Å². The van der Waals surface area contributed by atoms with Crippen molar-refractivity contribution in [3.05, 3.63) is 71.9 Å². The number of nitrogens with zero attached hydrogens (tertiary/aromatic N) is 5. The van der Waals surface area contributed by atoms with Crippen LogP contribution in [0.2, 0.25) is 0 Å². The highest BCUT2D eigenvalue weighted by Gasteiger charge is 2.23. The molecule has 0 saturated carbocycles. The Kier molecular flexibility index (Phi) is 7.25. The lowest BCUT2D eigenvalue weighted by atomic mass is 10.0. The predicted molar refractivity (Wildman–Crippen MR) is 145 cm³/mol. The predicted octanol–water partition coefficient (Wildman–Crippen LogP) is 3.44. The molecule has 1 aliphatic heterocycles. The van der Waals surface area contributed by atoms with Gasteiger partial charge in [0.2, 0.25) is 16.0 Å². The molecule has 0 spiro atoms. The number of benzene rings is 2. The van der Waals surface area contributed by atoms with E-state index in [1.807, 2.05) is 18.2 Å². The summed E-state index contributed by atoms with van der Waals surface area (Å²) in [5.41, 5.74) is 5.66.